The highest BCUT2D eigenvalue weighted by molar-refractivity contribution is 6.05. The van der Waals surface area contributed by atoms with E-state index in [9.17, 15) is 116 Å². The predicted octanol–water partition coefficient (Wildman–Crippen LogP) is -4.59. The van der Waals surface area contributed by atoms with Crippen molar-refractivity contribution in [2.24, 2.45) is 64.5 Å². The summed E-state index contributed by atoms with van der Waals surface area (Å²) >= 11 is 0. The number of nitrogens with two attached hydrogens (primary N) is 3. The third-order valence-corrected chi connectivity index (χ3v) is 23.0. The molecule has 1 unspecified atom stereocenters. The van der Waals surface area contributed by atoms with E-state index in [0.29, 0.717) is 12.8 Å². The van der Waals surface area contributed by atoms with Crippen molar-refractivity contribution in [1.82, 2.24) is 95.3 Å². The lowest BCUT2D eigenvalue weighted by Gasteiger charge is -2.32. The largest absolute Gasteiger partial charge is 0.481 e. The Morgan fingerprint density at radius 3 is 1.31 bits per heavy atom. The number of hydrogen-bond donors (Lipinski definition) is 24. The molecule has 0 radical (unpaired) electrons. The Morgan fingerprint density at radius 2 is 0.884 bits per heavy atom. The van der Waals surface area contributed by atoms with E-state index < -0.39 is 295 Å². The summed E-state index contributed by atoms with van der Waals surface area (Å²) in [6.07, 6.45) is -0.0482. The molecule has 0 aliphatic carbocycles. The minimum atomic E-state index is -1.89. The summed E-state index contributed by atoms with van der Waals surface area (Å²) in [5.74, 6) is -25.0. The third-order valence-electron chi connectivity index (χ3n) is 23.0. The summed E-state index contributed by atoms with van der Waals surface area (Å²) in [6, 6.07) is -24.3. The smallest absolute Gasteiger partial charge is 0.328 e. The van der Waals surface area contributed by atoms with Gasteiger partial charge >= 0.3 is 11.9 Å². The maximum absolute atomic E-state index is 14.7. The van der Waals surface area contributed by atoms with Crippen LogP contribution in [-0.2, 0) is 105 Å². The van der Waals surface area contributed by atoms with Crippen LogP contribution in [0.4, 0.5) is 0 Å². The summed E-state index contributed by atoms with van der Waals surface area (Å²) < 4.78 is 5.83. The number of rotatable bonds is 55. The number of hydrogen-bond acceptors (Lipinski definition) is 27. The Bertz CT molecular complexity index is 4240. The standard InChI is InChI=1S/C91H155N21O26/c1-20-51(18)72-88(134)99-57(34-38-113)77(123)97-56(33-36-93)76(122)100-58(27-23-24-35-92)91(137)138-52(19)73(89(135)110-72)111-74(120)53(21-2)96-84(130)68(47(10)11)106-78(124)59(39-44(4)5)101-75(121)55(31-32-65(94)116)98-85(131)70(49(14)15)109-87(133)71(50(16)17)108-80(126)61(41-46(8)9)103-82(128)63(43-115)105-86(132)69(48(12)13)107-79(125)60(40-45(6)7)102-81(127)62(42-114)104-83(129)64-28-26-37-112(64)90(136)54(22-3)95-66(117)29-25-30-67(118)119/h21-22,44-52,55-64,68-73,113-115H,20,23-43,92-93H2,1-19H3,(H2,94,116)(H,95,117)(H,96,130)(H,97,123)(H,98,131)(H,99,134)(H,100,122)(H,101,121)(H,102,127)(H,103,128)(H,104,129)(H,105,132)(H,106,124)(H,107,125)(H,108,126)(H,109,133)(H,110,135)(H,111,120)(H,118,119)/b53-21-,54-22-/t51-,52+,55-,56-,57-,58-,59-,60-,61-,62-,63-,64-,68-,69-,70-,71-,72-,73?/m0/s1. The Morgan fingerprint density at radius 1 is 0.464 bits per heavy atom. The van der Waals surface area contributed by atoms with Gasteiger partial charge in [-0.05, 0) is 158 Å². The fraction of sp³-hybridized carbons (Fsp3) is 0.725. The van der Waals surface area contributed by atoms with Crippen LogP contribution >= 0.6 is 0 Å². The van der Waals surface area contributed by atoms with Crippen molar-refractivity contribution < 1.29 is 126 Å². The van der Waals surface area contributed by atoms with Crippen molar-refractivity contribution in [3.05, 3.63) is 23.5 Å². The molecule has 2 rings (SSSR count). The number of esters is 1. The molecule has 780 valence electrons. The molecular weight excluding hydrogens is 1800 g/mol. The van der Waals surface area contributed by atoms with Gasteiger partial charge in [-0.3, -0.25) is 95.9 Å². The van der Waals surface area contributed by atoms with Crippen LogP contribution in [0, 0.1) is 47.3 Å². The number of likely N-dealkylation sites (tertiary alicyclic amines) is 1. The molecule has 138 heavy (non-hydrogen) atoms. The first-order chi connectivity index (χ1) is 64.7. The molecule has 2 saturated heterocycles. The second-order valence-corrected chi connectivity index (χ2v) is 37.4. The first-order valence-electron chi connectivity index (χ1n) is 47.5. The molecule has 2 aliphatic rings. The van der Waals surface area contributed by atoms with E-state index in [1.807, 2.05) is 0 Å². The molecule has 2 fully saturated rings. The second-order valence-electron chi connectivity index (χ2n) is 37.4. The average molecular weight is 1960 g/mol. The summed E-state index contributed by atoms with van der Waals surface area (Å²) in [6.45, 7) is 27.5. The summed E-state index contributed by atoms with van der Waals surface area (Å²) in [5, 5.41) is 83.2. The SMILES string of the molecule is C/C=C(\NC(=O)[C@@H](NC(=O)[C@H](CC(C)C)NC(=O)[C@H](CCC(N)=O)NC(=O)[C@@H](NC(=O)[C@@H](NC(=O)[C@H](CC(C)C)NC(=O)[C@H](CO)NC(=O)[C@@H](NC(=O)[C@H](CC(C)C)NC(=O)[C@H](CO)NC(=O)[C@@H]1CCCN1C(=O)/C(=C/C)NC(=O)CCCC(=O)O)C(C)C)C(C)C)C(C)C)C(C)C)C(=O)NC1C(=O)N[C@@H]([C@@H](C)CC)C(=O)N[C@@H](CCO)C(=O)N[C@@H](CCN)C(=O)N[C@@H](CCCCN)C(=O)O[C@@H]1C. The van der Waals surface area contributed by atoms with Crippen LogP contribution in [0.5, 0.6) is 0 Å². The molecule has 0 spiro atoms. The van der Waals surface area contributed by atoms with Gasteiger partial charge in [-0.25, -0.2) is 4.79 Å². The van der Waals surface area contributed by atoms with E-state index >= 15 is 0 Å². The fourth-order valence-electron chi connectivity index (χ4n) is 14.8. The van der Waals surface area contributed by atoms with Crippen molar-refractivity contribution in [3.8, 4) is 0 Å². The third kappa shape index (κ3) is 41.1. The van der Waals surface area contributed by atoms with Gasteiger partial charge in [-0.15, -0.1) is 0 Å². The van der Waals surface area contributed by atoms with Crippen molar-refractivity contribution >= 4 is 124 Å². The van der Waals surface area contributed by atoms with Gasteiger partial charge in [-0.2, -0.15) is 0 Å². The topological polar surface area (TPSA) is 734 Å². The molecule has 2 heterocycles. The highest BCUT2D eigenvalue weighted by Crippen LogP contribution is 2.23. The van der Waals surface area contributed by atoms with Gasteiger partial charge in [-0.1, -0.05) is 129 Å². The number of nitrogens with one attached hydrogen (secondary N) is 17. The average Bonchev–Trinajstić information content (AvgIpc) is 1.80. The lowest BCUT2D eigenvalue weighted by Crippen LogP contribution is -2.63. The second kappa shape index (κ2) is 61.5. The van der Waals surface area contributed by atoms with Gasteiger partial charge in [0.05, 0.1) is 13.2 Å². The van der Waals surface area contributed by atoms with Gasteiger partial charge in [0.25, 0.3) is 11.8 Å². The van der Waals surface area contributed by atoms with Crippen LogP contribution in [0.1, 0.15) is 234 Å². The van der Waals surface area contributed by atoms with Crippen molar-refractivity contribution in [2.75, 3.05) is 39.5 Å². The van der Waals surface area contributed by atoms with Crippen molar-refractivity contribution in [1.29, 1.82) is 0 Å². The number of nitrogens with zero attached hydrogens (tertiary/aromatic N) is 1. The summed E-state index contributed by atoms with van der Waals surface area (Å²) in [7, 11) is 0. The van der Waals surface area contributed by atoms with Crippen LogP contribution < -0.4 is 108 Å². The number of cyclic esters (lactones) is 1. The highest BCUT2D eigenvalue weighted by Gasteiger charge is 2.44. The number of carboxylic acid groups (broad SMARTS) is 1. The van der Waals surface area contributed by atoms with E-state index in [1.165, 1.54) is 73.3 Å². The van der Waals surface area contributed by atoms with Crippen LogP contribution in [0.3, 0.4) is 0 Å². The Kier molecular flexibility index (Phi) is 54.4. The predicted molar refractivity (Wildman–Crippen MR) is 503 cm³/mol. The van der Waals surface area contributed by atoms with E-state index in [1.54, 1.807) is 69.2 Å². The molecule has 19 amide bonds. The van der Waals surface area contributed by atoms with E-state index in [0.717, 1.165) is 6.08 Å². The number of carbonyl (C=O) groups is 21. The molecule has 18 atom stereocenters. The number of carbonyl (C=O) groups excluding carboxylic acids is 20. The lowest BCUT2D eigenvalue weighted by molar-refractivity contribution is -0.156. The molecule has 0 bridgehead atoms. The molecule has 2 aliphatic heterocycles. The molecule has 0 saturated carbocycles. The number of aliphatic hydroxyl groups is 3. The number of aliphatic carboxylic acids is 1. The molecule has 0 aromatic rings. The normalized spacial score (nSPS) is 19.9. The summed E-state index contributed by atoms with van der Waals surface area (Å²) in [4.78, 5) is 294. The van der Waals surface area contributed by atoms with Gasteiger partial charge in [0.2, 0.25) is 100 Å². The monoisotopic (exact) mass is 1960 g/mol. The highest BCUT2D eigenvalue weighted by atomic mass is 16.5. The van der Waals surface area contributed by atoms with Gasteiger partial charge in [0.1, 0.15) is 114 Å². The maximum Gasteiger partial charge on any atom is 0.328 e. The zero-order valence-electron chi connectivity index (χ0n) is 83.1. The maximum atomic E-state index is 14.7. The number of allylic oxidation sites excluding steroid dienone is 2. The molecule has 47 nitrogen and oxygen atoms in total. The van der Waals surface area contributed by atoms with Crippen molar-refractivity contribution in [2.45, 2.75) is 337 Å². The summed E-state index contributed by atoms with van der Waals surface area (Å²) in [5.41, 5.74) is 16.5. The minimum Gasteiger partial charge on any atom is -0.481 e. The zero-order valence-corrected chi connectivity index (χ0v) is 83.1. The van der Waals surface area contributed by atoms with Gasteiger partial charge in [0, 0.05) is 32.4 Å². The molecule has 0 aromatic carbocycles. The first kappa shape index (κ1) is 122. The van der Waals surface area contributed by atoms with Gasteiger partial charge < -0.3 is 138 Å². The minimum absolute atomic E-state index is 0.00111. The van der Waals surface area contributed by atoms with E-state index in [-0.39, 0.29) is 120 Å². The lowest BCUT2D eigenvalue weighted by atomic mass is 9.96. The number of carboxylic acids is 1. The van der Waals surface area contributed by atoms with E-state index in [4.69, 9.17) is 27.0 Å². The molecule has 27 N–H and O–H groups in total. The van der Waals surface area contributed by atoms with Crippen LogP contribution in [0.15, 0.2) is 23.5 Å². The molecule has 0 aromatic heterocycles. The number of unbranched alkanes of at least 4 members (excludes halogenated alkanes) is 1. The first-order valence-corrected chi connectivity index (χ1v) is 47.5. The van der Waals surface area contributed by atoms with Gasteiger partial charge in [0.15, 0.2) is 0 Å². The zero-order chi connectivity index (χ0) is 105. The van der Waals surface area contributed by atoms with Crippen LogP contribution in [-0.4, -0.2) is 292 Å². The van der Waals surface area contributed by atoms with Crippen LogP contribution in [0.2, 0.25) is 0 Å². The van der Waals surface area contributed by atoms with Crippen molar-refractivity contribution in [3.63, 3.8) is 0 Å². The Labute approximate surface area is 806 Å². The molecular formula is C91H155N21O26. The Hall–Kier alpha value is -11.8. The number of primary amides is 1. The number of amides is 19. The number of ether oxygens (including phenoxy) is 1. The Balaban J connectivity index is 2.46. The quantitative estimate of drug-likeness (QED) is 0.0155. The number of aliphatic hydroxyl groups excluding tert-OH is 3. The van der Waals surface area contributed by atoms with Crippen LogP contribution in [0.25, 0.3) is 0 Å². The fourth-order valence-corrected chi connectivity index (χ4v) is 14.8. The molecule has 47 heteroatoms. The van der Waals surface area contributed by atoms with E-state index in [2.05, 4.69) is 90.4 Å².